The Labute approximate surface area is 158 Å². The molecule has 0 unspecified atom stereocenters. The number of ether oxygens (including phenoxy) is 1. The highest BCUT2D eigenvalue weighted by Crippen LogP contribution is 2.28. The number of anilines is 1. The van der Waals surface area contributed by atoms with Gasteiger partial charge in [0.05, 0.1) is 18.2 Å². The van der Waals surface area contributed by atoms with E-state index in [-0.39, 0.29) is 11.8 Å². The zero-order valence-corrected chi connectivity index (χ0v) is 16.1. The van der Waals surface area contributed by atoms with E-state index in [2.05, 4.69) is 19.2 Å². The van der Waals surface area contributed by atoms with Crippen LogP contribution in [0.2, 0.25) is 0 Å². The van der Waals surface area contributed by atoms with Gasteiger partial charge in [-0.2, -0.15) is 0 Å². The maximum absolute atomic E-state index is 13.1. The van der Waals surface area contributed by atoms with Gasteiger partial charge in [0.15, 0.2) is 0 Å². The summed E-state index contributed by atoms with van der Waals surface area (Å²) < 4.78 is 6.79. The van der Waals surface area contributed by atoms with E-state index in [1.54, 1.807) is 31.5 Å². The van der Waals surface area contributed by atoms with E-state index in [1.807, 2.05) is 18.2 Å². The van der Waals surface area contributed by atoms with Gasteiger partial charge in [-0.15, -0.1) is 0 Å². The van der Waals surface area contributed by atoms with Crippen LogP contribution in [0.3, 0.4) is 0 Å². The first-order chi connectivity index (χ1) is 13.0. The second-order valence-electron chi connectivity index (χ2n) is 6.43. The number of aryl methyl sites for hydroxylation is 2. The second kappa shape index (κ2) is 7.66. The first-order valence-corrected chi connectivity index (χ1v) is 9.12. The number of benzene rings is 2. The van der Waals surface area contributed by atoms with Gasteiger partial charge in [-0.1, -0.05) is 32.0 Å². The van der Waals surface area contributed by atoms with Gasteiger partial charge in [-0.3, -0.25) is 14.2 Å². The van der Waals surface area contributed by atoms with Gasteiger partial charge in [-0.25, -0.2) is 0 Å². The average Bonchev–Trinajstić information content (AvgIpc) is 3.07. The molecule has 0 radical (unpaired) electrons. The first-order valence-electron chi connectivity index (χ1n) is 9.12. The minimum absolute atomic E-state index is 0.146. The fourth-order valence-electron chi connectivity index (χ4n) is 3.36. The fraction of sp³-hybridized carbons (Fsp3) is 0.273. The van der Waals surface area contributed by atoms with E-state index in [0.717, 1.165) is 29.7 Å². The smallest absolute Gasteiger partial charge is 0.257 e. The number of rotatable bonds is 5. The molecule has 0 bridgehead atoms. The normalized spacial score (nSPS) is 10.8. The lowest BCUT2D eigenvalue weighted by Crippen LogP contribution is -2.15. The van der Waals surface area contributed by atoms with E-state index in [4.69, 9.17) is 4.74 Å². The third-order valence-electron chi connectivity index (χ3n) is 4.83. The summed E-state index contributed by atoms with van der Waals surface area (Å²) in [6.07, 6.45) is 3.25. The van der Waals surface area contributed by atoms with Crippen molar-refractivity contribution in [3.63, 3.8) is 0 Å². The van der Waals surface area contributed by atoms with Crippen LogP contribution >= 0.6 is 0 Å². The first kappa shape index (κ1) is 18.7. The molecule has 1 amide bonds. The fourth-order valence-corrected chi connectivity index (χ4v) is 3.36. The molecular formula is C22H24N2O3. The van der Waals surface area contributed by atoms with Crippen LogP contribution in [-0.4, -0.2) is 23.5 Å². The van der Waals surface area contributed by atoms with Gasteiger partial charge in [0.2, 0.25) is 5.91 Å². The Bertz CT molecular complexity index is 996. The quantitative estimate of drug-likeness (QED) is 0.715. The monoisotopic (exact) mass is 364 g/mol. The third kappa shape index (κ3) is 3.45. The number of fused-ring (bicyclic) bond motifs is 1. The molecule has 140 valence electrons. The zero-order chi connectivity index (χ0) is 19.6. The van der Waals surface area contributed by atoms with Crippen LogP contribution in [0.15, 0.2) is 42.6 Å². The number of carbonyl (C=O) groups excluding carboxylic acids is 2. The highest BCUT2D eigenvalue weighted by Gasteiger charge is 2.19. The highest BCUT2D eigenvalue weighted by atomic mass is 16.5. The summed E-state index contributed by atoms with van der Waals surface area (Å²) in [6, 6.07) is 11.4. The molecule has 3 aromatic rings. The lowest BCUT2D eigenvalue weighted by Gasteiger charge is -2.14. The number of amides is 1. The predicted octanol–water partition coefficient (Wildman–Crippen LogP) is 4.69. The van der Waals surface area contributed by atoms with Crippen molar-refractivity contribution >= 4 is 28.4 Å². The molecule has 0 spiro atoms. The van der Waals surface area contributed by atoms with E-state index in [0.29, 0.717) is 22.2 Å². The van der Waals surface area contributed by atoms with Crippen molar-refractivity contribution in [1.82, 2.24) is 4.57 Å². The van der Waals surface area contributed by atoms with E-state index in [9.17, 15) is 9.59 Å². The van der Waals surface area contributed by atoms with Crippen molar-refractivity contribution in [2.75, 3.05) is 12.4 Å². The third-order valence-corrected chi connectivity index (χ3v) is 4.83. The van der Waals surface area contributed by atoms with Crippen molar-refractivity contribution in [3.8, 4) is 5.75 Å². The molecule has 1 aromatic heterocycles. The van der Waals surface area contributed by atoms with Gasteiger partial charge in [0.25, 0.3) is 5.91 Å². The summed E-state index contributed by atoms with van der Waals surface area (Å²) in [5, 5.41) is 3.76. The average molecular weight is 364 g/mol. The van der Waals surface area contributed by atoms with Crippen molar-refractivity contribution in [2.24, 2.45) is 0 Å². The summed E-state index contributed by atoms with van der Waals surface area (Å²) in [5.74, 6) is 0.261. The molecule has 27 heavy (non-hydrogen) atoms. The molecule has 1 heterocycles. The van der Waals surface area contributed by atoms with E-state index in [1.165, 1.54) is 11.5 Å². The molecule has 0 atom stereocenters. The van der Waals surface area contributed by atoms with Gasteiger partial charge in [-0.05, 0) is 42.2 Å². The molecule has 0 aliphatic heterocycles. The largest absolute Gasteiger partial charge is 0.497 e. The van der Waals surface area contributed by atoms with Crippen LogP contribution in [0, 0.1) is 0 Å². The Hall–Kier alpha value is -3.08. The Morgan fingerprint density at radius 1 is 1.07 bits per heavy atom. The number of methoxy groups -OCH3 is 1. The molecule has 0 fully saturated rings. The number of para-hydroxylation sites is 1. The van der Waals surface area contributed by atoms with Crippen LogP contribution in [-0.2, 0) is 12.8 Å². The number of hydrogen-bond acceptors (Lipinski definition) is 3. The molecule has 0 saturated heterocycles. The van der Waals surface area contributed by atoms with Crippen molar-refractivity contribution in [1.29, 1.82) is 0 Å². The summed E-state index contributed by atoms with van der Waals surface area (Å²) in [6.45, 7) is 5.61. The van der Waals surface area contributed by atoms with Crippen LogP contribution in [0.25, 0.3) is 10.9 Å². The molecule has 0 saturated carbocycles. The summed E-state index contributed by atoms with van der Waals surface area (Å²) >= 11 is 0. The second-order valence-corrected chi connectivity index (χ2v) is 6.43. The molecule has 0 aliphatic rings. The lowest BCUT2D eigenvalue weighted by molar-refractivity contribution is 0.0941. The van der Waals surface area contributed by atoms with Gasteiger partial charge < -0.3 is 10.1 Å². The Balaban J connectivity index is 2.10. The molecular weight excluding hydrogens is 340 g/mol. The Morgan fingerprint density at radius 2 is 1.74 bits per heavy atom. The standard InChI is InChI=1S/C22H24N2O3/c1-5-15-8-7-9-16(6-2)21(15)23-22(26)19-13-24(14(3)25)20-11-10-17(27-4)12-18(19)20/h7-13H,5-6H2,1-4H3,(H,23,26). The number of hydrogen-bond donors (Lipinski definition) is 1. The SMILES string of the molecule is CCc1cccc(CC)c1NC(=O)c1cn(C(C)=O)c2ccc(OC)cc12. The Kier molecular flexibility index (Phi) is 5.31. The van der Waals surface area contributed by atoms with Gasteiger partial charge >= 0.3 is 0 Å². The molecule has 5 nitrogen and oxygen atoms in total. The molecule has 2 aromatic carbocycles. The zero-order valence-electron chi connectivity index (χ0n) is 16.1. The van der Waals surface area contributed by atoms with Crippen LogP contribution in [0.4, 0.5) is 5.69 Å². The van der Waals surface area contributed by atoms with Crippen LogP contribution in [0.1, 0.15) is 47.1 Å². The number of aromatic nitrogens is 1. The number of carbonyl (C=O) groups is 2. The lowest BCUT2D eigenvalue weighted by atomic mass is 10.0. The maximum atomic E-state index is 13.1. The molecule has 0 aliphatic carbocycles. The van der Waals surface area contributed by atoms with Crippen molar-refractivity contribution in [2.45, 2.75) is 33.6 Å². The molecule has 1 N–H and O–H groups in total. The Morgan fingerprint density at radius 3 is 2.30 bits per heavy atom. The number of nitrogens with zero attached hydrogens (tertiary/aromatic N) is 1. The summed E-state index contributed by atoms with van der Waals surface area (Å²) in [7, 11) is 1.58. The van der Waals surface area contributed by atoms with Crippen LogP contribution < -0.4 is 10.1 Å². The van der Waals surface area contributed by atoms with Gasteiger partial charge in [0.1, 0.15) is 5.75 Å². The number of nitrogens with one attached hydrogen (secondary N) is 1. The molecule has 3 rings (SSSR count). The summed E-state index contributed by atoms with van der Waals surface area (Å²) in [4.78, 5) is 25.1. The minimum atomic E-state index is -0.233. The minimum Gasteiger partial charge on any atom is -0.497 e. The predicted molar refractivity (Wildman–Crippen MR) is 108 cm³/mol. The van der Waals surface area contributed by atoms with Gasteiger partial charge in [0, 0.05) is 24.2 Å². The highest BCUT2D eigenvalue weighted by molar-refractivity contribution is 6.15. The molecule has 5 heteroatoms. The maximum Gasteiger partial charge on any atom is 0.257 e. The van der Waals surface area contributed by atoms with E-state index < -0.39 is 0 Å². The summed E-state index contributed by atoms with van der Waals surface area (Å²) in [5.41, 5.74) is 4.19. The van der Waals surface area contributed by atoms with Crippen molar-refractivity contribution in [3.05, 3.63) is 59.3 Å². The van der Waals surface area contributed by atoms with Crippen molar-refractivity contribution < 1.29 is 14.3 Å². The van der Waals surface area contributed by atoms with E-state index >= 15 is 0 Å². The topological polar surface area (TPSA) is 60.3 Å². The van der Waals surface area contributed by atoms with Crippen LogP contribution in [0.5, 0.6) is 5.75 Å².